The van der Waals surface area contributed by atoms with E-state index in [4.69, 9.17) is 9.84 Å². The summed E-state index contributed by atoms with van der Waals surface area (Å²) in [5, 5.41) is 8.71. The minimum absolute atomic E-state index is 0.0492. The third kappa shape index (κ3) is 1.95. The molecule has 0 aromatic rings. The Morgan fingerprint density at radius 3 is 2.82 bits per heavy atom. The van der Waals surface area contributed by atoms with Crippen LogP contribution >= 0.6 is 0 Å². The highest BCUT2D eigenvalue weighted by atomic mass is 16.6. The van der Waals surface area contributed by atoms with Crippen LogP contribution in [0.25, 0.3) is 0 Å². The second-order valence-corrected chi connectivity index (χ2v) is 2.95. The fourth-order valence-electron chi connectivity index (χ4n) is 0.946. The second-order valence-electron chi connectivity index (χ2n) is 2.95. The van der Waals surface area contributed by atoms with Gasteiger partial charge >= 0.3 is 0 Å². The molecule has 11 heavy (non-hydrogen) atoms. The standard InChI is InChI=1S/C9H14O2/c1-3-4-5-6-9(2)8(7-10)11-9/h8,10H,3-4,7H2,1-2H3. The van der Waals surface area contributed by atoms with Gasteiger partial charge in [0, 0.05) is 6.42 Å². The van der Waals surface area contributed by atoms with Crippen molar-refractivity contribution >= 4 is 0 Å². The van der Waals surface area contributed by atoms with Crippen molar-refractivity contribution in [1.82, 2.24) is 0 Å². The predicted molar refractivity (Wildman–Crippen MR) is 43.0 cm³/mol. The molecule has 0 aliphatic carbocycles. The predicted octanol–water partition coefficient (Wildman–Crippen LogP) is 0.940. The fraction of sp³-hybridized carbons (Fsp3) is 0.778. The Kier molecular flexibility index (Phi) is 2.53. The normalized spacial score (nSPS) is 34.3. The molecule has 0 amide bonds. The molecule has 0 spiro atoms. The Hall–Kier alpha value is -0.520. The molecule has 1 heterocycles. The molecular weight excluding hydrogens is 140 g/mol. The van der Waals surface area contributed by atoms with E-state index in [9.17, 15) is 0 Å². The Morgan fingerprint density at radius 1 is 1.64 bits per heavy atom. The van der Waals surface area contributed by atoms with Crippen LogP contribution in [0.1, 0.15) is 26.7 Å². The number of aliphatic hydroxyl groups is 1. The Labute approximate surface area is 67.6 Å². The van der Waals surface area contributed by atoms with E-state index in [-0.39, 0.29) is 18.3 Å². The molecule has 0 saturated carbocycles. The SMILES string of the molecule is CCCC#CC1(C)OC1CO. The van der Waals surface area contributed by atoms with E-state index in [1.165, 1.54) is 0 Å². The van der Waals surface area contributed by atoms with Gasteiger partial charge in [-0.25, -0.2) is 0 Å². The van der Waals surface area contributed by atoms with E-state index < -0.39 is 0 Å². The molecular formula is C9H14O2. The zero-order chi connectivity index (χ0) is 8.32. The van der Waals surface area contributed by atoms with Gasteiger partial charge in [-0.2, -0.15) is 0 Å². The van der Waals surface area contributed by atoms with Crippen molar-refractivity contribution < 1.29 is 9.84 Å². The maximum atomic E-state index is 8.71. The van der Waals surface area contributed by atoms with Gasteiger partial charge in [0.2, 0.25) is 0 Å². The van der Waals surface area contributed by atoms with Crippen molar-refractivity contribution in [1.29, 1.82) is 0 Å². The first-order chi connectivity index (χ1) is 5.23. The molecule has 2 atom stereocenters. The summed E-state index contributed by atoms with van der Waals surface area (Å²) in [5.74, 6) is 6.02. The van der Waals surface area contributed by atoms with E-state index in [2.05, 4.69) is 18.8 Å². The Balaban J connectivity index is 2.34. The lowest BCUT2D eigenvalue weighted by molar-refractivity contribution is 0.240. The number of unbranched alkanes of at least 4 members (excludes halogenated alkanes) is 1. The molecule has 0 bridgehead atoms. The smallest absolute Gasteiger partial charge is 0.154 e. The van der Waals surface area contributed by atoms with E-state index in [1.54, 1.807) is 0 Å². The Morgan fingerprint density at radius 2 is 2.36 bits per heavy atom. The topological polar surface area (TPSA) is 32.8 Å². The third-order valence-electron chi connectivity index (χ3n) is 1.82. The number of aliphatic hydroxyl groups excluding tert-OH is 1. The van der Waals surface area contributed by atoms with Crippen LogP contribution in [0, 0.1) is 11.8 Å². The summed E-state index contributed by atoms with van der Waals surface area (Å²) >= 11 is 0. The van der Waals surface area contributed by atoms with Gasteiger partial charge in [-0.05, 0) is 13.3 Å². The van der Waals surface area contributed by atoms with Gasteiger partial charge in [0.05, 0.1) is 6.61 Å². The second kappa shape index (κ2) is 3.25. The molecule has 0 radical (unpaired) electrons. The van der Waals surface area contributed by atoms with Crippen LogP contribution in [0.5, 0.6) is 0 Å². The molecule has 2 nitrogen and oxygen atoms in total. The molecule has 1 rings (SSSR count). The lowest BCUT2D eigenvalue weighted by Crippen LogP contribution is -2.09. The molecule has 0 aromatic carbocycles. The van der Waals surface area contributed by atoms with E-state index in [0.29, 0.717) is 0 Å². The zero-order valence-corrected chi connectivity index (χ0v) is 7.05. The average Bonchev–Trinajstić information content (AvgIpc) is 2.63. The van der Waals surface area contributed by atoms with Crippen LogP contribution in [0.2, 0.25) is 0 Å². The van der Waals surface area contributed by atoms with Gasteiger partial charge < -0.3 is 9.84 Å². The van der Waals surface area contributed by atoms with Gasteiger partial charge in [0.1, 0.15) is 6.10 Å². The van der Waals surface area contributed by atoms with E-state index >= 15 is 0 Å². The summed E-state index contributed by atoms with van der Waals surface area (Å²) in [4.78, 5) is 0. The number of hydrogen-bond donors (Lipinski definition) is 1. The molecule has 1 fully saturated rings. The summed E-state index contributed by atoms with van der Waals surface area (Å²) < 4.78 is 5.18. The first-order valence-electron chi connectivity index (χ1n) is 4.01. The van der Waals surface area contributed by atoms with Gasteiger partial charge in [-0.15, -0.1) is 5.92 Å². The average molecular weight is 154 g/mol. The molecule has 1 aliphatic heterocycles. The summed E-state index contributed by atoms with van der Waals surface area (Å²) in [6, 6.07) is 0. The van der Waals surface area contributed by atoms with Crippen molar-refractivity contribution in [2.75, 3.05) is 6.61 Å². The number of rotatable bonds is 2. The number of ether oxygens (including phenoxy) is 1. The Bertz CT molecular complexity index is 189. The number of epoxide rings is 1. The summed E-state index contributed by atoms with van der Waals surface area (Å²) in [5.41, 5.74) is -0.343. The molecule has 1 aliphatic rings. The first kappa shape index (κ1) is 8.58. The van der Waals surface area contributed by atoms with Crippen LogP contribution in [0.15, 0.2) is 0 Å². The van der Waals surface area contributed by atoms with Crippen molar-refractivity contribution in [3.63, 3.8) is 0 Å². The van der Waals surface area contributed by atoms with Crippen LogP contribution in [-0.4, -0.2) is 23.4 Å². The minimum atomic E-state index is -0.343. The monoisotopic (exact) mass is 154 g/mol. The molecule has 2 unspecified atom stereocenters. The quantitative estimate of drug-likeness (QED) is 0.474. The van der Waals surface area contributed by atoms with Gasteiger partial charge in [0.25, 0.3) is 0 Å². The lowest BCUT2D eigenvalue weighted by atomic mass is 10.1. The number of hydrogen-bond acceptors (Lipinski definition) is 2. The molecule has 1 N–H and O–H groups in total. The van der Waals surface area contributed by atoms with Crippen molar-refractivity contribution in [2.24, 2.45) is 0 Å². The molecule has 1 saturated heterocycles. The van der Waals surface area contributed by atoms with Crippen molar-refractivity contribution in [3.05, 3.63) is 0 Å². The highest BCUT2D eigenvalue weighted by Crippen LogP contribution is 2.34. The van der Waals surface area contributed by atoms with E-state index in [0.717, 1.165) is 12.8 Å². The van der Waals surface area contributed by atoms with Crippen LogP contribution in [0.4, 0.5) is 0 Å². The summed E-state index contributed by atoms with van der Waals surface area (Å²) in [6.45, 7) is 4.09. The molecule has 0 aromatic heterocycles. The van der Waals surface area contributed by atoms with Gasteiger partial charge in [0.15, 0.2) is 5.60 Å². The van der Waals surface area contributed by atoms with E-state index in [1.807, 2.05) is 6.92 Å². The molecule has 2 heteroatoms. The molecule has 62 valence electrons. The van der Waals surface area contributed by atoms with Crippen LogP contribution in [-0.2, 0) is 4.74 Å². The summed E-state index contributed by atoms with van der Waals surface area (Å²) in [7, 11) is 0. The van der Waals surface area contributed by atoms with Crippen LogP contribution in [0.3, 0.4) is 0 Å². The van der Waals surface area contributed by atoms with Crippen LogP contribution < -0.4 is 0 Å². The fourth-order valence-corrected chi connectivity index (χ4v) is 0.946. The summed E-state index contributed by atoms with van der Waals surface area (Å²) in [6.07, 6.45) is 1.94. The van der Waals surface area contributed by atoms with Crippen molar-refractivity contribution in [2.45, 2.75) is 38.4 Å². The third-order valence-corrected chi connectivity index (χ3v) is 1.82. The largest absolute Gasteiger partial charge is 0.394 e. The highest BCUT2D eigenvalue weighted by molar-refractivity contribution is 5.23. The van der Waals surface area contributed by atoms with Gasteiger partial charge in [-0.1, -0.05) is 12.8 Å². The van der Waals surface area contributed by atoms with Crippen molar-refractivity contribution in [3.8, 4) is 11.8 Å². The maximum Gasteiger partial charge on any atom is 0.154 e. The minimum Gasteiger partial charge on any atom is -0.394 e. The zero-order valence-electron chi connectivity index (χ0n) is 7.05. The lowest BCUT2D eigenvalue weighted by Gasteiger charge is -1.90. The first-order valence-corrected chi connectivity index (χ1v) is 4.01. The maximum absolute atomic E-state index is 8.71. The highest BCUT2D eigenvalue weighted by Gasteiger charge is 2.50. The van der Waals surface area contributed by atoms with Gasteiger partial charge in [-0.3, -0.25) is 0 Å².